The van der Waals surface area contributed by atoms with E-state index in [9.17, 15) is 28.1 Å². The summed E-state index contributed by atoms with van der Waals surface area (Å²) in [6.07, 6.45) is 2.20. The Labute approximate surface area is 310 Å². The van der Waals surface area contributed by atoms with Gasteiger partial charge in [0.25, 0.3) is 27.5 Å². The molecule has 1 aliphatic heterocycles. The van der Waals surface area contributed by atoms with Crippen molar-refractivity contribution in [3.8, 4) is 0 Å². The fourth-order valence-electron chi connectivity index (χ4n) is 8.09. The van der Waals surface area contributed by atoms with Crippen molar-refractivity contribution in [2.24, 2.45) is 16.4 Å². The van der Waals surface area contributed by atoms with E-state index < -0.39 is 37.6 Å². The Morgan fingerprint density at radius 1 is 0.980 bits per heavy atom. The van der Waals surface area contributed by atoms with Gasteiger partial charge >= 0.3 is 0 Å². The fourth-order valence-corrected chi connectivity index (χ4v) is 9.94. The SMILES string of the molecule is Cc1ccc(S(=O)(=O)N/N=C2/C[C@H]3[C@](C)(CN4C(=O)c5c(Cl)c(Cl)c(Cl)c(Cl)c5C4=O)CCC[C@]3(C)c3cc([N+](=O)[O-])c(C(C)C)cc32)cc1. The molecule has 1 fully saturated rings. The third-order valence-electron chi connectivity index (χ3n) is 10.7. The molecular weight excluding hydrogens is 746 g/mol. The Hall–Kier alpha value is -3.22. The number of halogens is 4. The molecule has 0 saturated heterocycles. The molecule has 0 radical (unpaired) electrons. The van der Waals surface area contributed by atoms with E-state index in [1.54, 1.807) is 24.3 Å². The highest BCUT2D eigenvalue weighted by atomic mass is 35.5. The van der Waals surface area contributed by atoms with Crippen molar-refractivity contribution in [2.45, 2.75) is 76.5 Å². The van der Waals surface area contributed by atoms with Crippen LogP contribution in [0.5, 0.6) is 0 Å². The zero-order chi connectivity index (χ0) is 36.7. The zero-order valence-electron chi connectivity index (χ0n) is 27.9. The summed E-state index contributed by atoms with van der Waals surface area (Å²) < 4.78 is 26.7. The maximum absolute atomic E-state index is 13.8. The molecule has 6 rings (SSSR count). The Morgan fingerprint density at radius 3 is 2.10 bits per heavy atom. The van der Waals surface area contributed by atoms with Gasteiger partial charge in [-0.15, -0.1) is 0 Å². The first-order chi connectivity index (χ1) is 23.3. The number of fused-ring (bicyclic) bond motifs is 4. The van der Waals surface area contributed by atoms with Gasteiger partial charge in [-0.1, -0.05) is 98.2 Å². The first kappa shape index (κ1) is 36.6. The van der Waals surface area contributed by atoms with Gasteiger partial charge in [-0.3, -0.25) is 24.6 Å². The van der Waals surface area contributed by atoms with Gasteiger partial charge in [0.05, 0.1) is 46.7 Å². The molecule has 0 spiro atoms. The van der Waals surface area contributed by atoms with Gasteiger partial charge < -0.3 is 0 Å². The molecule has 0 bridgehead atoms. The van der Waals surface area contributed by atoms with Crippen molar-refractivity contribution in [1.82, 2.24) is 9.73 Å². The second-order valence-corrected chi connectivity index (χ2v) is 17.4. The van der Waals surface area contributed by atoms with Crippen LogP contribution in [0.3, 0.4) is 0 Å². The van der Waals surface area contributed by atoms with Gasteiger partial charge in [-0.25, -0.2) is 0 Å². The molecule has 0 unspecified atom stereocenters. The van der Waals surface area contributed by atoms with Crippen LogP contribution in [0.1, 0.15) is 102 Å². The number of hydrogen-bond acceptors (Lipinski definition) is 7. The largest absolute Gasteiger partial charge is 0.276 e. The number of carbonyl (C=O) groups excluding carboxylic acids is 2. The zero-order valence-corrected chi connectivity index (χ0v) is 31.7. The van der Waals surface area contributed by atoms with Crippen molar-refractivity contribution in [1.29, 1.82) is 0 Å². The number of nitro groups is 1. The first-order valence-corrected chi connectivity index (χ1v) is 19.0. The number of rotatable bonds is 7. The second kappa shape index (κ2) is 12.8. The van der Waals surface area contributed by atoms with Gasteiger partial charge in [0.1, 0.15) is 0 Å². The predicted molar refractivity (Wildman–Crippen MR) is 194 cm³/mol. The Balaban J connectivity index is 1.47. The van der Waals surface area contributed by atoms with Crippen LogP contribution in [-0.4, -0.2) is 42.3 Å². The Morgan fingerprint density at radius 2 is 1.56 bits per heavy atom. The number of imide groups is 1. The lowest BCUT2D eigenvalue weighted by molar-refractivity contribution is -0.385. The molecule has 264 valence electrons. The molecule has 1 saturated carbocycles. The maximum Gasteiger partial charge on any atom is 0.276 e. The Kier molecular flexibility index (Phi) is 9.34. The number of aryl methyl sites for hydroxylation is 1. The van der Waals surface area contributed by atoms with E-state index in [2.05, 4.69) is 9.93 Å². The lowest BCUT2D eigenvalue weighted by Crippen LogP contribution is -2.55. The lowest BCUT2D eigenvalue weighted by atomic mass is 9.49. The summed E-state index contributed by atoms with van der Waals surface area (Å²) in [7, 11) is -4.07. The molecule has 2 aliphatic carbocycles. The molecule has 2 amide bonds. The Bertz CT molecular complexity index is 2090. The van der Waals surface area contributed by atoms with Crippen LogP contribution in [-0.2, 0) is 15.4 Å². The highest BCUT2D eigenvalue weighted by molar-refractivity contribution is 7.89. The van der Waals surface area contributed by atoms with Gasteiger partial charge in [-0.05, 0) is 72.6 Å². The van der Waals surface area contributed by atoms with Crippen molar-refractivity contribution in [2.75, 3.05) is 6.54 Å². The van der Waals surface area contributed by atoms with Crippen LogP contribution in [0.25, 0.3) is 0 Å². The molecule has 1 N–H and O–H groups in total. The average Bonchev–Trinajstić information content (AvgIpc) is 3.30. The molecule has 10 nitrogen and oxygen atoms in total. The first-order valence-electron chi connectivity index (χ1n) is 16.0. The summed E-state index contributed by atoms with van der Waals surface area (Å²) in [6, 6.07) is 9.70. The summed E-state index contributed by atoms with van der Waals surface area (Å²) >= 11 is 25.4. The number of amides is 2. The molecule has 3 aromatic rings. The number of hydrazone groups is 1. The highest BCUT2D eigenvalue weighted by Gasteiger charge is 2.56. The molecule has 3 aliphatic rings. The number of nitrogens with one attached hydrogen (secondary N) is 1. The summed E-state index contributed by atoms with van der Waals surface area (Å²) in [5, 5.41) is 16.3. The molecule has 50 heavy (non-hydrogen) atoms. The normalized spacial score (nSPS) is 24.0. The van der Waals surface area contributed by atoms with E-state index in [1.165, 1.54) is 12.1 Å². The predicted octanol–water partition coefficient (Wildman–Crippen LogP) is 9.09. The van der Waals surface area contributed by atoms with Crippen LogP contribution in [0.15, 0.2) is 46.4 Å². The maximum atomic E-state index is 13.8. The van der Waals surface area contributed by atoms with Gasteiger partial charge in [0, 0.05) is 23.7 Å². The van der Waals surface area contributed by atoms with E-state index in [1.807, 2.05) is 34.6 Å². The van der Waals surface area contributed by atoms with E-state index in [0.717, 1.165) is 10.5 Å². The quantitative estimate of drug-likeness (QED) is 0.0835. The lowest BCUT2D eigenvalue weighted by Gasteiger charge is -2.56. The third kappa shape index (κ3) is 5.79. The summed E-state index contributed by atoms with van der Waals surface area (Å²) in [6.45, 7) is 9.54. The molecule has 0 aromatic heterocycles. The monoisotopic (exact) mass is 778 g/mol. The summed E-state index contributed by atoms with van der Waals surface area (Å²) in [5.41, 5.74) is 1.39. The van der Waals surface area contributed by atoms with Crippen LogP contribution in [0.4, 0.5) is 5.69 Å². The minimum atomic E-state index is -4.07. The molecule has 3 atom stereocenters. The van der Waals surface area contributed by atoms with Crippen molar-refractivity contribution in [3.05, 3.63) is 100.0 Å². The van der Waals surface area contributed by atoms with Crippen LogP contribution in [0, 0.1) is 28.4 Å². The molecule has 1 heterocycles. The molecule has 3 aromatic carbocycles. The van der Waals surface area contributed by atoms with Gasteiger partial charge in [0.15, 0.2) is 0 Å². The number of nitrogens with zero attached hydrogens (tertiary/aromatic N) is 3. The minimum absolute atomic E-state index is 0.0329. The van der Waals surface area contributed by atoms with Gasteiger partial charge in [-0.2, -0.15) is 18.4 Å². The summed E-state index contributed by atoms with van der Waals surface area (Å²) in [4.78, 5) is 43.2. The number of sulfonamides is 1. The number of carbonyl (C=O) groups is 2. The number of benzene rings is 3. The number of hydrogen-bond donors (Lipinski definition) is 1. The topological polar surface area (TPSA) is 139 Å². The minimum Gasteiger partial charge on any atom is -0.274 e. The van der Waals surface area contributed by atoms with E-state index in [-0.39, 0.29) is 66.6 Å². The highest BCUT2D eigenvalue weighted by Crippen LogP contribution is 2.59. The van der Waals surface area contributed by atoms with Crippen molar-refractivity contribution in [3.63, 3.8) is 0 Å². The second-order valence-electron chi connectivity index (χ2n) is 14.2. The third-order valence-corrected chi connectivity index (χ3v) is 13.7. The van der Waals surface area contributed by atoms with Crippen LogP contribution >= 0.6 is 46.4 Å². The summed E-state index contributed by atoms with van der Waals surface area (Å²) in [5.74, 6) is -1.86. The van der Waals surface area contributed by atoms with Crippen LogP contribution < -0.4 is 4.83 Å². The van der Waals surface area contributed by atoms with Gasteiger partial charge in [0.2, 0.25) is 0 Å². The average molecular weight is 781 g/mol. The molecular formula is C35H34Cl4N4O6S. The van der Waals surface area contributed by atoms with Crippen LogP contribution in [0.2, 0.25) is 20.1 Å². The standard InChI is InChI=1S/C35H34Cl4N4O6S/c1-17(2)20-13-21-22(14-24(20)43(46)47)35(5)12-6-11-34(4,16-42-32(44)26-27(33(42)45)29(37)31(39)30(38)28(26)36)25(35)15-23(21)40-41-50(48,49)19-9-7-18(3)8-10-19/h7-10,13-14,17,25,41H,6,11-12,15-16H2,1-5H3/b40-23-/t25-,34-,35+/m0/s1. The fraction of sp³-hybridized carbons (Fsp3) is 0.400. The van der Waals surface area contributed by atoms with Crippen molar-refractivity contribution >= 4 is 79.6 Å². The van der Waals surface area contributed by atoms with Crippen molar-refractivity contribution < 1.29 is 22.9 Å². The van der Waals surface area contributed by atoms with E-state index in [0.29, 0.717) is 41.7 Å². The molecule has 15 heteroatoms. The smallest absolute Gasteiger partial charge is 0.274 e. The van der Waals surface area contributed by atoms with E-state index in [4.69, 9.17) is 46.4 Å². The number of nitro benzene ring substituents is 1. The van der Waals surface area contributed by atoms with E-state index >= 15 is 0 Å².